The standard InChI is InChI=1S/C10H8ClN3OS/c11-7-3-1-6(2-4-7)5-8-13-14-10(16-8)9(12)15/h1-4H,5H2,(H2,12,15). The molecule has 0 aliphatic carbocycles. The molecule has 0 unspecified atom stereocenters. The Morgan fingerprint density at radius 1 is 1.31 bits per heavy atom. The molecule has 0 fully saturated rings. The van der Waals surface area contributed by atoms with Crippen LogP contribution in [0.2, 0.25) is 5.02 Å². The molecule has 0 spiro atoms. The van der Waals surface area contributed by atoms with Gasteiger partial charge >= 0.3 is 0 Å². The zero-order valence-corrected chi connectivity index (χ0v) is 9.76. The first kappa shape index (κ1) is 11.0. The van der Waals surface area contributed by atoms with Gasteiger partial charge in [0.1, 0.15) is 5.01 Å². The molecule has 6 heteroatoms. The molecule has 4 nitrogen and oxygen atoms in total. The number of primary amides is 1. The van der Waals surface area contributed by atoms with Gasteiger partial charge in [-0.15, -0.1) is 10.2 Å². The highest BCUT2D eigenvalue weighted by Gasteiger charge is 2.09. The topological polar surface area (TPSA) is 68.9 Å². The number of hydrogen-bond donors (Lipinski definition) is 1. The quantitative estimate of drug-likeness (QED) is 0.908. The van der Waals surface area contributed by atoms with Crippen molar-refractivity contribution in [1.29, 1.82) is 0 Å². The Kier molecular flexibility index (Phi) is 3.17. The van der Waals surface area contributed by atoms with Gasteiger partial charge in [0.15, 0.2) is 0 Å². The van der Waals surface area contributed by atoms with E-state index in [0.717, 1.165) is 10.6 Å². The average Bonchev–Trinajstić information content (AvgIpc) is 2.70. The number of amides is 1. The molecule has 1 aromatic carbocycles. The maximum absolute atomic E-state index is 10.8. The van der Waals surface area contributed by atoms with E-state index in [1.165, 1.54) is 11.3 Å². The molecule has 2 rings (SSSR count). The van der Waals surface area contributed by atoms with Gasteiger partial charge in [-0.3, -0.25) is 4.79 Å². The van der Waals surface area contributed by atoms with Crippen molar-refractivity contribution in [2.45, 2.75) is 6.42 Å². The number of carbonyl (C=O) groups is 1. The maximum atomic E-state index is 10.8. The predicted octanol–water partition coefficient (Wildman–Crippen LogP) is 1.88. The lowest BCUT2D eigenvalue weighted by Gasteiger charge is -1.96. The minimum atomic E-state index is -0.542. The zero-order valence-electron chi connectivity index (χ0n) is 8.18. The highest BCUT2D eigenvalue weighted by molar-refractivity contribution is 7.13. The molecule has 0 bridgehead atoms. The molecule has 82 valence electrons. The zero-order chi connectivity index (χ0) is 11.5. The summed E-state index contributed by atoms with van der Waals surface area (Å²) in [6.07, 6.45) is 0.627. The summed E-state index contributed by atoms with van der Waals surface area (Å²) in [5.74, 6) is -0.542. The maximum Gasteiger partial charge on any atom is 0.279 e. The fourth-order valence-corrected chi connectivity index (χ4v) is 2.05. The molecule has 0 aliphatic rings. The van der Waals surface area contributed by atoms with E-state index < -0.39 is 5.91 Å². The van der Waals surface area contributed by atoms with Gasteiger partial charge in [0.05, 0.1) is 0 Å². The Morgan fingerprint density at radius 2 is 2.00 bits per heavy atom. The van der Waals surface area contributed by atoms with E-state index in [9.17, 15) is 4.79 Å². The van der Waals surface area contributed by atoms with Gasteiger partial charge in [-0.1, -0.05) is 35.1 Å². The molecular formula is C10H8ClN3OS. The minimum Gasteiger partial charge on any atom is -0.363 e. The number of halogens is 1. The Bertz CT molecular complexity index is 509. The van der Waals surface area contributed by atoms with Crippen molar-refractivity contribution in [3.63, 3.8) is 0 Å². The summed E-state index contributed by atoms with van der Waals surface area (Å²) in [6.45, 7) is 0. The Balaban J connectivity index is 2.14. The average molecular weight is 254 g/mol. The molecule has 1 aromatic heterocycles. The van der Waals surface area contributed by atoms with Gasteiger partial charge in [-0.25, -0.2) is 0 Å². The van der Waals surface area contributed by atoms with Crippen LogP contribution in [-0.4, -0.2) is 16.1 Å². The van der Waals surface area contributed by atoms with Crippen LogP contribution in [0.25, 0.3) is 0 Å². The largest absolute Gasteiger partial charge is 0.363 e. The molecule has 2 aromatic rings. The van der Waals surface area contributed by atoms with Gasteiger partial charge < -0.3 is 5.73 Å². The molecule has 0 saturated carbocycles. The summed E-state index contributed by atoms with van der Waals surface area (Å²) in [4.78, 5) is 10.8. The van der Waals surface area contributed by atoms with Crippen molar-refractivity contribution in [1.82, 2.24) is 10.2 Å². The summed E-state index contributed by atoms with van der Waals surface area (Å²) < 4.78 is 0. The van der Waals surface area contributed by atoms with Crippen LogP contribution in [0.3, 0.4) is 0 Å². The van der Waals surface area contributed by atoms with Gasteiger partial charge in [0.25, 0.3) is 5.91 Å². The molecule has 2 N–H and O–H groups in total. The van der Waals surface area contributed by atoms with Gasteiger partial charge in [-0.2, -0.15) is 0 Å². The van der Waals surface area contributed by atoms with E-state index in [-0.39, 0.29) is 5.01 Å². The number of aromatic nitrogens is 2. The first-order valence-electron chi connectivity index (χ1n) is 4.52. The predicted molar refractivity (Wildman–Crippen MR) is 62.7 cm³/mol. The van der Waals surface area contributed by atoms with E-state index in [4.69, 9.17) is 17.3 Å². The van der Waals surface area contributed by atoms with Gasteiger partial charge in [0, 0.05) is 11.4 Å². The SMILES string of the molecule is NC(=O)c1nnc(Cc2ccc(Cl)cc2)s1. The fraction of sp³-hybridized carbons (Fsp3) is 0.100. The summed E-state index contributed by atoms with van der Waals surface area (Å²) in [5, 5.41) is 9.28. The fourth-order valence-electron chi connectivity index (χ4n) is 1.20. The number of nitrogens with two attached hydrogens (primary N) is 1. The van der Waals surface area contributed by atoms with Gasteiger partial charge in [-0.05, 0) is 17.7 Å². The second kappa shape index (κ2) is 4.59. The number of nitrogens with zero attached hydrogens (tertiary/aromatic N) is 2. The van der Waals surface area contributed by atoms with Crippen molar-refractivity contribution in [2.75, 3.05) is 0 Å². The second-order valence-electron chi connectivity index (χ2n) is 3.17. The summed E-state index contributed by atoms with van der Waals surface area (Å²) in [5.41, 5.74) is 6.16. The van der Waals surface area contributed by atoms with Crippen molar-refractivity contribution in [3.05, 3.63) is 44.9 Å². The molecular weight excluding hydrogens is 246 g/mol. The third kappa shape index (κ3) is 2.56. The smallest absolute Gasteiger partial charge is 0.279 e. The highest BCUT2D eigenvalue weighted by atomic mass is 35.5. The van der Waals surface area contributed by atoms with Crippen LogP contribution >= 0.6 is 22.9 Å². The third-order valence-corrected chi connectivity index (χ3v) is 3.14. The minimum absolute atomic E-state index is 0.240. The lowest BCUT2D eigenvalue weighted by atomic mass is 10.2. The normalized spacial score (nSPS) is 10.3. The molecule has 0 atom stereocenters. The number of carbonyl (C=O) groups excluding carboxylic acids is 1. The van der Waals surface area contributed by atoms with Crippen molar-refractivity contribution >= 4 is 28.8 Å². The molecule has 16 heavy (non-hydrogen) atoms. The number of benzene rings is 1. The summed E-state index contributed by atoms with van der Waals surface area (Å²) in [6, 6.07) is 7.45. The molecule has 1 amide bonds. The van der Waals surface area contributed by atoms with Crippen LogP contribution in [0, 0.1) is 0 Å². The van der Waals surface area contributed by atoms with Crippen LogP contribution in [0.1, 0.15) is 20.4 Å². The molecule has 0 radical (unpaired) electrons. The van der Waals surface area contributed by atoms with Crippen LogP contribution in [0.15, 0.2) is 24.3 Å². The Morgan fingerprint density at radius 3 is 2.56 bits per heavy atom. The van der Waals surface area contributed by atoms with Crippen LogP contribution in [-0.2, 0) is 6.42 Å². The van der Waals surface area contributed by atoms with E-state index in [1.54, 1.807) is 0 Å². The number of rotatable bonds is 3. The number of hydrogen-bond acceptors (Lipinski definition) is 4. The monoisotopic (exact) mass is 253 g/mol. The van der Waals surface area contributed by atoms with E-state index in [1.807, 2.05) is 24.3 Å². The van der Waals surface area contributed by atoms with Crippen molar-refractivity contribution in [3.8, 4) is 0 Å². The van der Waals surface area contributed by atoms with E-state index >= 15 is 0 Å². The summed E-state index contributed by atoms with van der Waals surface area (Å²) in [7, 11) is 0. The van der Waals surface area contributed by atoms with Crippen LogP contribution < -0.4 is 5.73 Å². The molecule has 0 saturated heterocycles. The molecule has 1 heterocycles. The van der Waals surface area contributed by atoms with Crippen molar-refractivity contribution < 1.29 is 4.79 Å². The highest BCUT2D eigenvalue weighted by Crippen LogP contribution is 2.16. The Labute approximate surface area is 101 Å². The lowest BCUT2D eigenvalue weighted by molar-refractivity contribution is 0.0999. The molecule has 0 aliphatic heterocycles. The first-order valence-corrected chi connectivity index (χ1v) is 5.71. The van der Waals surface area contributed by atoms with E-state index in [2.05, 4.69) is 10.2 Å². The van der Waals surface area contributed by atoms with Crippen LogP contribution in [0.5, 0.6) is 0 Å². The lowest BCUT2D eigenvalue weighted by Crippen LogP contribution is -2.10. The summed E-state index contributed by atoms with van der Waals surface area (Å²) >= 11 is 6.98. The van der Waals surface area contributed by atoms with E-state index in [0.29, 0.717) is 11.4 Å². The van der Waals surface area contributed by atoms with Crippen LogP contribution in [0.4, 0.5) is 0 Å². The third-order valence-electron chi connectivity index (χ3n) is 1.95. The van der Waals surface area contributed by atoms with Gasteiger partial charge in [0.2, 0.25) is 5.01 Å². The first-order chi connectivity index (χ1) is 7.65. The van der Waals surface area contributed by atoms with Crippen molar-refractivity contribution in [2.24, 2.45) is 5.73 Å². The second-order valence-corrected chi connectivity index (χ2v) is 4.67. The Hall–Kier alpha value is -1.46.